The van der Waals surface area contributed by atoms with Gasteiger partial charge in [-0.05, 0) is 24.6 Å². The number of hydrogen-bond donors (Lipinski definition) is 2. The lowest BCUT2D eigenvalue weighted by atomic mass is 10.3. The number of benzene rings is 1. The molecule has 1 aliphatic rings. The topological polar surface area (TPSA) is 78.9 Å². The molecule has 1 aromatic carbocycles. The van der Waals surface area contributed by atoms with E-state index in [9.17, 15) is 14.7 Å². The number of nitrogens with zero attached hydrogens (tertiary/aromatic N) is 1. The van der Waals surface area contributed by atoms with E-state index in [1.165, 1.54) is 18.9 Å². The lowest BCUT2D eigenvalue weighted by molar-refractivity contribution is -0.140. The minimum absolute atomic E-state index is 0.201. The summed E-state index contributed by atoms with van der Waals surface area (Å²) < 4.78 is 4.59. The zero-order valence-electron chi connectivity index (χ0n) is 12.4. The fourth-order valence-corrected chi connectivity index (χ4v) is 3.04. The van der Waals surface area contributed by atoms with E-state index >= 15 is 0 Å². The minimum Gasteiger partial charge on any atom is -0.469 e. The summed E-state index contributed by atoms with van der Waals surface area (Å²) >= 11 is 1.53. The molecular weight excluding hydrogens is 304 g/mol. The molecular formula is C15H20N2O4S. The first-order chi connectivity index (χ1) is 10.6. The molecule has 1 atom stereocenters. The maximum Gasteiger partial charge on any atom is 0.321 e. The van der Waals surface area contributed by atoms with Crippen molar-refractivity contribution in [1.29, 1.82) is 0 Å². The first-order valence-electron chi connectivity index (χ1n) is 7.12. The van der Waals surface area contributed by atoms with Gasteiger partial charge in [0.2, 0.25) is 0 Å². The van der Waals surface area contributed by atoms with E-state index < -0.39 is 6.10 Å². The Morgan fingerprint density at radius 3 is 3.00 bits per heavy atom. The Hall–Kier alpha value is -1.73. The van der Waals surface area contributed by atoms with Gasteiger partial charge in [0, 0.05) is 29.4 Å². The van der Waals surface area contributed by atoms with E-state index in [0.717, 1.165) is 4.90 Å². The molecule has 0 spiro atoms. The highest BCUT2D eigenvalue weighted by molar-refractivity contribution is 7.99. The van der Waals surface area contributed by atoms with Gasteiger partial charge in [0.05, 0.1) is 19.6 Å². The number of likely N-dealkylation sites (tertiary alicyclic amines) is 1. The Morgan fingerprint density at radius 1 is 1.50 bits per heavy atom. The van der Waals surface area contributed by atoms with Gasteiger partial charge in [-0.2, -0.15) is 0 Å². The molecule has 1 saturated heterocycles. The van der Waals surface area contributed by atoms with Crippen LogP contribution in [0, 0.1) is 0 Å². The SMILES string of the molecule is COC(=O)CCSc1cccc(NC(=O)N2CC[C@@H](O)C2)c1. The first kappa shape index (κ1) is 16.6. The normalized spacial score (nSPS) is 17.4. The van der Waals surface area contributed by atoms with Crippen molar-refractivity contribution in [2.45, 2.75) is 23.8 Å². The number of aliphatic hydroxyl groups excluding tert-OH is 1. The van der Waals surface area contributed by atoms with E-state index in [-0.39, 0.29) is 12.0 Å². The summed E-state index contributed by atoms with van der Waals surface area (Å²) in [6.45, 7) is 0.944. The number of β-amino-alcohol motifs (C(OH)–C–C–N with tert-alkyl or cyclic N) is 1. The van der Waals surface area contributed by atoms with Crippen molar-refractivity contribution in [3.05, 3.63) is 24.3 Å². The molecule has 6 nitrogen and oxygen atoms in total. The number of carbonyl (C=O) groups excluding carboxylic acids is 2. The van der Waals surface area contributed by atoms with Gasteiger partial charge >= 0.3 is 12.0 Å². The smallest absolute Gasteiger partial charge is 0.321 e. The quantitative estimate of drug-likeness (QED) is 0.639. The molecule has 7 heteroatoms. The van der Waals surface area contributed by atoms with Crippen molar-refractivity contribution in [2.24, 2.45) is 0 Å². The van der Waals surface area contributed by atoms with E-state index in [4.69, 9.17) is 0 Å². The zero-order valence-corrected chi connectivity index (χ0v) is 13.3. The molecule has 1 aliphatic heterocycles. The molecule has 0 aliphatic carbocycles. The van der Waals surface area contributed by atoms with Crippen molar-refractivity contribution in [1.82, 2.24) is 4.90 Å². The maximum atomic E-state index is 12.0. The molecule has 2 amide bonds. The van der Waals surface area contributed by atoms with Gasteiger partial charge in [0.15, 0.2) is 0 Å². The molecule has 1 heterocycles. The fourth-order valence-electron chi connectivity index (χ4n) is 2.15. The Morgan fingerprint density at radius 2 is 2.32 bits per heavy atom. The summed E-state index contributed by atoms with van der Waals surface area (Å²) in [6, 6.07) is 7.26. The number of ether oxygens (including phenoxy) is 1. The van der Waals surface area contributed by atoms with Crippen LogP contribution < -0.4 is 5.32 Å². The molecule has 2 rings (SSSR count). The van der Waals surface area contributed by atoms with Crippen LogP contribution in [0.3, 0.4) is 0 Å². The predicted molar refractivity (Wildman–Crippen MR) is 85.0 cm³/mol. The molecule has 0 unspecified atom stereocenters. The summed E-state index contributed by atoms with van der Waals surface area (Å²) in [7, 11) is 1.37. The summed E-state index contributed by atoms with van der Waals surface area (Å²) in [6.07, 6.45) is 0.547. The van der Waals surface area contributed by atoms with Gasteiger partial charge in [-0.15, -0.1) is 11.8 Å². The van der Waals surface area contributed by atoms with Crippen LogP contribution in [-0.4, -0.2) is 54.1 Å². The van der Waals surface area contributed by atoms with Crippen molar-refractivity contribution in [2.75, 3.05) is 31.3 Å². The van der Waals surface area contributed by atoms with Crippen molar-refractivity contribution in [3.8, 4) is 0 Å². The molecule has 120 valence electrons. The highest BCUT2D eigenvalue weighted by Gasteiger charge is 2.24. The number of amides is 2. The van der Waals surface area contributed by atoms with Crippen LogP contribution >= 0.6 is 11.8 Å². The van der Waals surface area contributed by atoms with Crippen molar-refractivity contribution in [3.63, 3.8) is 0 Å². The summed E-state index contributed by atoms with van der Waals surface area (Å²) in [5.74, 6) is 0.395. The number of anilines is 1. The summed E-state index contributed by atoms with van der Waals surface area (Å²) in [5, 5.41) is 12.3. The zero-order chi connectivity index (χ0) is 15.9. The summed E-state index contributed by atoms with van der Waals surface area (Å²) in [4.78, 5) is 25.7. The largest absolute Gasteiger partial charge is 0.469 e. The molecule has 22 heavy (non-hydrogen) atoms. The average Bonchev–Trinajstić information content (AvgIpc) is 2.94. The number of hydrogen-bond acceptors (Lipinski definition) is 5. The monoisotopic (exact) mass is 324 g/mol. The Bertz CT molecular complexity index is 538. The Kier molecular flexibility index (Phi) is 6.09. The van der Waals surface area contributed by atoms with Gasteiger partial charge in [0.1, 0.15) is 0 Å². The number of thioether (sulfide) groups is 1. The first-order valence-corrected chi connectivity index (χ1v) is 8.10. The lowest BCUT2D eigenvalue weighted by Gasteiger charge is -2.16. The number of methoxy groups -OCH3 is 1. The summed E-state index contributed by atoms with van der Waals surface area (Å²) in [5.41, 5.74) is 0.703. The van der Waals surface area contributed by atoms with E-state index in [1.807, 2.05) is 24.3 Å². The molecule has 2 N–H and O–H groups in total. The van der Waals surface area contributed by atoms with Gasteiger partial charge in [-0.3, -0.25) is 4.79 Å². The average molecular weight is 324 g/mol. The van der Waals surface area contributed by atoms with Crippen LogP contribution in [0.25, 0.3) is 0 Å². The minimum atomic E-state index is -0.425. The fraction of sp³-hybridized carbons (Fsp3) is 0.467. The third kappa shape index (κ3) is 4.92. The Balaban J connectivity index is 1.85. The molecule has 0 aromatic heterocycles. The van der Waals surface area contributed by atoms with E-state index in [0.29, 0.717) is 37.4 Å². The molecule has 0 bridgehead atoms. The Labute approximate surface area is 133 Å². The van der Waals surface area contributed by atoms with E-state index in [2.05, 4.69) is 10.1 Å². The van der Waals surface area contributed by atoms with Gasteiger partial charge in [0.25, 0.3) is 0 Å². The number of nitrogens with one attached hydrogen (secondary N) is 1. The predicted octanol–water partition coefficient (Wildman–Crippen LogP) is 1.94. The second kappa shape index (κ2) is 8.05. The number of carbonyl (C=O) groups is 2. The van der Waals surface area contributed by atoms with Crippen LogP contribution in [0.5, 0.6) is 0 Å². The van der Waals surface area contributed by atoms with Crippen LogP contribution in [0.4, 0.5) is 10.5 Å². The van der Waals surface area contributed by atoms with E-state index in [1.54, 1.807) is 4.90 Å². The number of urea groups is 1. The maximum absolute atomic E-state index is 12.0. The van der Waals surface area contributed by atoms with Crippen LogP contribution in [0.2, 0.25) is 0 Å². The highest BCUT2D eigenvalue weighted by Crippen LogP contribution is 2.23. The van der Waals surface area contributed by atoms with Crippen LogP contribution in [0.1, 0.15) is 12.8 Å². The lowest BCUT2D eigenvalue weighted by Crippen LogP contribution is -2.33. The second-order valence-corrected chi connectivity index (χ2v) is 6.19. The number of aliphatic hydroxyl groups is 1. The standard InChI is InChI=1S/C15H20N2O4S/c1-21-14(19)6-8-22-13-4-2-3-11(9-13)16-15(20)17-7-5-12(18)10-17/h2-4,9,12,18H,5-8,10H2,1H3,(H,16,20)/t12-/m1/s1. The van der Waals surface area contributed by atoms with Gasteiger partial charge in [-0.1, -0.05) is 6.07 Å². The molecule has 0 saturated carbocycles. The molecule has 0 radical (unpaired) electrons. The molecule has 1 fully saturated rings. The van der Waals surface area contributed by atoms with Crippen LogP contribution in [-0.2, 0) is 9.53 Å². The van der Waals surface area contributed by atoms with Crippen molar-refractivity contribution < 1.29 is 19.4 Å². The highest BCUT2D eigenvalue weighted by atomic mass is 32.2. The van der Waals surface area contributed by atoms with Crippen LogP contribution in [0.15, 0.2) is 29.2 Å². The third-order valence-corrected chi connectivity index (χ3v) is 4.33. The second-order valence-electron chi connectivity index (χ2n) is 5.02. The number of rotatable bonds is 5. The van der Waals surface area contributed by atoms with Crippen molar-refractivity contribution >= 4 is 29.4 Å². The van der Waals surface area contributed by atoms with Gasteiger partial charge < -0.3 is 20.1 Å². The van der Waals surface area contributed by atoms with Gasteiger partial charge in [-0.25, -0.2) is 4.79 Å². The third-order valence-electron chi connectivity index (χ3n) is 3.34. The number of esters is 1. The molecule has 1 aromatic rings.